The van der Waals surface area contributed by atoms with Crippen LogP contribution in [0.2, 0.25) is 0 Å². The normalized spacial score (nSPS) is 20.3. The van der Waals surface area contributed by atoms with Gasteiger partial charge in [0.15, 0.2) is 0 Å². The summed E-state index contributed by atoms with van der Waals surface area (Å²) in [5, 5.41) is 1.36. The lowest BCUT2D eigenvalue weighted by molar-refractivity contribution is 0.713. The maximum atomic E-state index is 3.51. The molecule has 0 fully saturated rings. The molecule has 3 rings (SSSR count). The second-order valence-corrected chi connectivity index (χ2v) is 5.03. The van der Waals surface area contributed by atoms with Gasteiger partial charge < -0.3 is 4.57 Å². The van der Waals surface area contributed by atoms with Crippen LogP contribution in [0.25, 0.3) is 10.9 Å². The van der Waals surface area contributed by atoms with Gasteiger partial charge in [-0.25, -0.2) is 0 Å². The highest BCUT2D eigenvalue weighted by Crippen LogP contribution is 2.34. The molecule has 1 aliphatic rings. The molecular formula is C12H12BrN. The Morgan fingerprint density at radius 3 is 3.07 bits per heavy atom. The van der Waals surface area contributed by atoms with Crippen molar-refractivity contribution in [2.45, 2.75) is 25.8 Å². The van der Waals surface area contributed by atoms with Gasteiger partial charge >= 0.3 is 0 Å². The van der Waals surface area contributed by atoms with E-state index in [0.29, 0.717) is 0 Å². The molecule has 72 valence electrons. The van der Waals surface area contributed by atoms with Crippen LogP contribution in [-0.2, 0) is 6.54 Å². The highest BCUT2D eigenvalue weighted by atomic mass is 79.9. The van der Waals surface area contributed by atoms with Crippen molar-refractivity contribution in [1.29, 1.82) is 0 Å². The van der Waals surface area contributed by atoms with Crippen molar-refractivity contribution in [3.8, 4) is 0 Å². The zero-order valence-corrected chi connectivity index (χ0v) is 9.71. The fourth-order valence-electron chi connectivity index (χ4n) is 2.39. The summed E-state index contributed by atoms with van der Waals surface area (Å²) in [5.74, 6) is 0.723. The van der Waals surface area contributed by atoms with Crippen LogP contribution in [0.4, 0.5) is 0 Å². The molecule has 1 unspecified atom stereocenters. The smallest absolute Gasteiger partial charge is 0.0483 e. The van der Waals surface area contributed by atoms with Crippen LogP contribution in [0.5, 0.6) is 0 Å². The predicted octanol–water partition coefficient (Wildman–Crippen LogP) is 3.91. The number of benzene rings is 1. The van der Waals surface area contributed by atoms with Gasteiger partial charge in [-0.1, -0.05) is 22.9 Å². The van der Waals surface area contributed by atoms with Crippen molar-refractivity contribution < 1.29 is 0 Å². The third-order valence-electron chi connectivity index (χ3n) is 3.19. The number of hydrogen-bond acceptors (Lipinski definition) is 0. The summed E-state index contributed by atoms with van der Waals surface area (Å²) in [6.45, 7) is 3.49. The van der Waals surface area contributed by atoms with Crippen molar-refractivity contribution in [3.63, 3.8) is 0 Å². The Kier molecular flexibility index (Phi) is 1.75. The van der Waals surface area contributed by atoms with Crippen LogP contribution >= 0.6 is 15.9 Å². The molecule has 1 atom stereocenters. The summed E-state index contributed by atoms with van der Waals surface area (Å²) in [7, 11) is 0. The van der Waals surface area contributed by atoms with Crippen LogP contribution < -0.4 is 0 Å². The van der Waals surface area contributed by atoms with Crippen molar-refractivity contribution in [2.24, 2.45) is 0 Å². The molecule has 1 aliphatic heterocycles. The van der Waals surface area contributed by atoms with E-state index in [1.54, 1.807) is 0 Å². The summed E-state index contributed by atoms with van der Waals surface area (Å²) < 4.78 is 3.62. The Hall–Kier alpha value is -0.760. The first-order valence-electron chi connectivity index (χ1n) is 5.04. The number of fused-ring (bicyclic) bond motifs is 3. The summed E-state index contributed by atoms with van der Waals surface area (Å²) in [4.78, 5) is 0. The van der Waals surface area contributed by atoms with E-state index in [1.165, 1.54) is 34.0 Å². The van der Waals surface area contributed by atoms with Gasteiger partial charge in [0.25, 0.3) is 0 Å². The lowest BCUT2D eigenvalue weighted by atomic mass is 10.1. The monoisotopic (exact) mass is 249 g/mol. The van der Waals surface area contributed by atoms with E-state index in [0.717, 1.165) is 5.92 Å². The van der Waals surface area contributed by atoms with Gasteiger partial charge in [-0.2, -0.15) is 0 Å². The molecule has 1 aromatic heterocycles. The second-order valence-electron chi connectivity index (χ2n) is 4.11. The van der Waals surface area contributed by atoms with Crippen LogP contribution in [0, 0.1) is 0 Å². The van der Waals surface area contributed by atoms with E-state index in [2.05, 4.69) is 51.7 Å². The number of aryl methyl sites for hydroxylation is 1. The molecule has 0 saturated heterocycles. The fraction of sp³-hybridized carbons (Fsp3) is 0.333. The van der Waals surface area contributed by atoms with Crippen molar-refractivity contribution in [3.05, 3.63) is 34.4 Å². The zero-order valence-electron chi connectivity index (χ0n) is 8.13. The van der Waals surface area contributed by atoms with Gasteiger partial charge in [-0.05, 0) is 36.6 Å². The number of nitrogens with zero attached hydrogens (tertiary/aromatic N) is 1. The van der Waals surface area contributed by atoms with Gasteiger partial charge in [0.1, 0.15) is 0 Å². The lowest BCUT2D eigenvalue weighted by Crippen LogP contribution is -1.90. The molecule has 0 aliphatic carbocycles. The standard InChI is InChI=1S/C12H12BrN/c1-8-4-5-14-11-3-2-10(13)6-9(11)7-12(8)14/h2-3,6-8H,4-5H2,1H3. The average molecular weight is 250 g/mol. The SMILES string of the molecule is CC1CCn2c1cc1cc(Br)ccc12. The molecule has 0 N–H and O–H groups in total. The molecule has 1 nitrogen and oxygen atoms in total. The van der Waals surface area contributed by atoms with E-state index >= 15 is 0 Å². The van der Waals surface area contributed by atoms with Crippen LogP contribution in [0.1, 0.15) is 25.0 Å². The number of halogens is 1. The molecule has 0 amide bonds. The largest absolute Gasteiger partial charge is 0.344 e. The summed E-state index contributed by atoms with van der Waals surface area (Å²) in [6.07, 6.45) is 1.29. The molecule has 14 heavy (non-hydrogen) atoms. The van der Waals surface area contributed by atoms with Crippen LogP contribution in [0.15, 0.2) is 28.7 Å². The summed E-state index contributed by atoms with van der Waals surface area (Å²) >= 11 is 3.51. The van der Waals surface area contributed by atoms with E-state index in [9.17, 15) is 0 Å². The van der Waals surface area contributed by atoms with E-state index in [1.807, 2.05) is 0 Å². The van der Waals surface area contributed by atoms with E-state index < -0.39 is 0 Å². The van der Waals surface area contributed by atoms with Crippen LogP contribution in [-0.4, -0.2) is 4.57 Å². The summed E-state index contributed by atoms with van der Waals surface area (Å²) in [5.41, 5.74) is 2.88. The molecule has 2 heterocycles. The average Bonchev–Trinajstić information content (AvgIpc) is 2.66. The zero-order chi connectivity index (χ0) is 9.71. The van der Waals surface area contributed by atoms with Gasteiger partial charge in [0, 0.05) is 27.6 Å². The van der Waals surface area contributed by atoms with Gasteiger partial charge in [0.05, 0.1) is 0 Å². The molecule has 0 bridgehead atoms. The van der Waals surface area contributed by atoms with Gasteiger partial charge in [0.2, 0.25) is 0 Å². The Bertz CT molecular complexity index is 498. The van der Waals surface area contributed by atoms with E-state index in [4.69, 9.17) is 0 Å². The quantitative estimate of drug-likeness (QED) is 0.668. The minimum atomic E-state index is 0.723. The van der Waals surface area contributed by atoms with Gasteiger partial charge in [-0.3, -0.25) is 0 Å². The maximum Gasteiger partial charge on any atom is 0.0483 e. The molecule has 2 aromatic rings. The fourth-order valence-corrected chi connectivity index (χ4v) is 2.77. The first-order chi connectivity index (χ1) is 6.75. The van der Waals surface area contributed by atoms with Crippen molar-refractivity contribution in [2.75, 3.05) is 0 Å². The Balaban J connectivity index is 2.34. The number of rotatable bonds is 0. The first kappa shape index (κ1) is 8.54. The Morgan fingerprint density at radius 2 is 2.21 bits per heavy atom. The highest BCUT2D eigenvalue weighted by Gasteiger charge is 2.20. The highest BCUT2D eigenvalue weighted by molar-refractivity contribution is 9.10. The molecule has 0 saturated carbocycles. The van der Waals surface area contributed by atoms with Crippen molar-refractivity contribution in [1.82, 2.24) is 4.57 Å². The third-order valence-corrected chi connectivity index (χ3v) is 3.68. The maximum absolute atomic E-state index is 3.51. The molecule has 0 radical (unpaired) electrons. The minimum Gasteiger partial charge on any atom is -0.344 e. The third kappa shape index (κ3) is 1.07. The topological polar surface area (TPSA) is 4.93 Å². The molecular weight excluding hydrogens is 238 g/mol. The van der Waals surface area contributed by atoms with Crippen molar-refractivity contribution >= 4 is 26.8 Å². The molecule has 0 spiro atoms. The van der Waals surface area contributed by atoms with Crippen LogP contribution in [0.3, 0.4) is 0 Å². The molecule has 2 heteroatoms. The number of aromatic nitrogens is 1. The number of hydrogen-bond donors (Lipinski definition) is 0. The lowest BCUT2D eigenvalue weighted by Gasteiger charge is -1.99. The predicted molar refractivity (Wildman–Crippen MR) is 62.7 cm³/mol. The van der Waals surface area contributed by atoms with Gasteiger partial charge in [-0.15, -0.1) is 0 Å². The Labute approximate surface area is 91.9 Å². The minimum absolute atomic E-state index is 0.723. The molecule has 1 aromatic carbocycles. The summed E-state index contributed by atoms with van der Waals surface area (Å²) in [6, 6.07) is 8.87. The van der Waals surface area contributed by atoms with E-state index in [-0.39, 0.29) is 0 Å². The Morgan fingerprint density at radius 1 is 1.36 bits per heavy atom. The first-order valence-corrected chi connectivity index (χ1v) is 5.84. The second kappa shape index (κ2) is 2.86.